The second-order valence-electron chi connectivity index (χ2n) is 6.53. The van der Waals surface area contributed by atoms with Gasteiger partial charge in [-0.1, -0.05) is 54.1 Å². The quantitative estimate of drug-likeness (QED) is 0.668. The van der Waals surface area contributed by atoms with Crippen molar-refractivity contribution >= 4 is 11.6 Å². The number of carbonyl (C=O) groups excluding carboxylic acids is 1. The summed E-state index contributed by atoms with van der Waals surface area (Å²) in [6, 6.07) is 21.4. The summed E-state index contributed by atoms with van der Waals surface area (Å²) in [7, 11) is 0. The Kier molecular flexibility index (Phi) is 5.37. The van der Waals surface area contributed by atoms with Gasteiger partial charge in [0.15, 0.2) is 0 Å². The minimum atomic E-state index is -0.134. The molecule has 0 saturated heterocycles. The summed E-state index contributed by atoms with van der Waals surface area (Å²) in [6.07, 6.45) is 0. The predicted molar refractivity (Wildman–Crippen MR) is 106 cm³/mol. The van der Waals surface area contributed by atoms with Crippen molar-refractivity contribution < 1.29 is 9.53 Å². The molecule has 0 atom stereocenters. The summed E-state index contributed by atoms with van der Waals surface area (Å²) in [5.41, 5.74) is 5.85. The lowest BCUT2D eigenvalue weighted by molar-refractivity contribution is 0.102. The number of ether oxygens (including phenoxy) is 1. The fourth-order valence-corrected chi connectivity index (χ4v) is 3.03. The molecule has 0 aliphatic rings. The van der Waals surface area contributed by atoms with Crippen LogP contribution in [0.25, 0.3) is 0 Å². The van der Waals surface area contributed by atoms with Crippen LogP contribution in [0.4, 0.5) is 5.69 Å². The molecule has 1 N–H and O–H groups in total. The van der Waals surface area contributed by atoms with Gasteiger partial charge in [0.2, 0.25) is 0 Å². The van der Waals surface area contributed by atoms with Crippen LogP contribution < -0.4 is 10.1 Å². The normalized spacial score (nSPS) is 10.4. The minimum absolute atomic E-state index is 0.134. The molecule has 3 aromatic carbocycles. The molecule has 0 unspecified atom stereocenters. The molecule has 0 fully saturated rings. The van der Waals surface area contributed by atoms with Gasteiger partial charge in [-0.2, -0.15) is 0 Å². The van der Waals surface area contributed by atoms with E-state index in [1.54, 1.807) is 12.1 Å². The molecule has 0 radical (unpaired) electrons. The predicted octanol–water partition coefficient (Wildman–Crippen LogP) is 5.44. The van der Waals surface area contributed by atoms with Crippen LogP contribution in [0.5, 0.6) is 5.75 Å². The van der Waals surface area contributed by atoms with Gasteiger partial charge in [0, 0.05) is 11.3 Å². The van der Waals surface area contributed by atoms with Crippen LogP contribution in [-0.4, -0.2) is 5.91 Å². The molecule has 3 nitrogen and oxygen atoms in total. The molecule has 3 aromatic rings. The highest BCUT2D eigenvalue weighted by Crippen LogP contribution is 2.23. The summed E-state index contributed by atoms with van der Waals surface area (Å²) < 4.78 is 5.82. The van der Waals surface area contributed by atoms with Gasteiger partial charge in [-0.3, -0.25) is 4.79 Å². The van der Waals surface area contributed by atoms with Crippen LogP contribution in [-0.2, 0) is 6.61 Å². The van der Waals surface area contributed by atoms with Crippen molar-refractivity contribution in [3.05, 3.63) is 94.5 Å². The monoisotopic (exact) mass is 345 g/mol. The van der Waals surface area contributed by atoms with Crippen LogP contribution in [0.15, 0.2) is 66.7 Å². The van der Waals surface area contributed by atoms with Crippen LogP contribution in [0.1, 0.15) is 32.6 Å². The van der Waals surface area contributed by atoms with E-state index >= 15 is 0 Å². The van der Waals surface area contributed by atoms with Crippen molar-refractivity contribution in [3.8, 4) is 5.75 Å². The van der Waals surface area contributed by atoms with Gasteiger partial charge in [0.05, 0.1) is 0 Å². The van der Waals surface area contributed by atoms with Gasteiger partial charge in [-0.15, -0.1) is 0 Å². The molecule has 0 aliphatic carbocycles. The van der Waals surface area contributed by atoms with Gasteiger partial charge in [-0.25, -0.2) is 0 Å². The van der Waals surface area contributed by atoms with Crippen molar-refractivity contribution in [1.82, 2.24) is 0 Å². The van der Waals surface area contributed by atoms with Gasteiger partial charge in [-0.05, 0) is 55.7 Å². The Morgan fingerprint density at radius 1 is 0.885 bits per heavy atom. The molecule has 3 rings (SSSR count). The molecule has 0 aromatic heterocycles. The number of amides is 1. The first-order valence-corrected chi connectivity index (χ1v) is 8.69. The molecule has 0 spiro atoms. The van der Waals surface area contributed by atoms with E-state index in [9.17, 15) is 4.79 Å². The maximum absolute atomic E-state index is 12.7. The largest absolute Gasteiger partial charge is 0.489 e. The molecule has 0 heterocycles. The summed E-state index contributed by atoms with van der Waals surface area (Å²) in [6.45, 7) is 6.55. The second-order valence-corrected chi connectivity index (χ2v) is 6.53. The lowest BCUT2D eigenvalue weighted by Crippen LogP contribution is -2.14. The Bertz CT molecular complexity index is 893. The molecule has 132 valence electrons. The van der Waals surface area contributed by atoms with E-state index in [-0.39, 0.29) is 5.91 Å². The summed E-state index contributed by atoms with van der Waals surface area (Å²) in [4.78, 5) is 12.7. The zero-order chi connectivity index (χ0) is 18.5. The van der Waals surface area contributed by atoms with Crippen molar-refractivity contribution in [3.63, 3.8) is 0 Å². The topological polar surface area (TPSA) is 38.3 Å². The average molecular weight is 345 g/mol. The van der Waals surface area contributed by atoms with E-state index in [0.717, 1.165) is 22.4 Å². The van der Waals surface area contributed by atoms with Gasteiger partial charge >= 0.3 is 0 Å². The summed E-state index contributed by atoms with van der Waals surface area (Å²) in [5.74, 6) is 0.545. The molecule has 0 aliphatic heterocycles. The molecule has 26 heavy (non-hydrogen) atoms. The van der Waals surface area contributed by atoms with Crippen molar-refractivity contribution in [2.45, 2.75) is 27.4 Å². The van der Waals surface area contributed by atoms with Crippen LogP contribution in [0.3, 0.4) is 0 Å². The average Bonchev–Trinajstić information content (AvgIpc) is 2.64. The van der Waals surface area contributed by atoms with E-state index in [1.165, 1.54) is 5.56 Å². The van der Waals surface area contributed by atoms with E-state index < -0.39 is 0 Å². The lowest BCUT2D eigenvalue weighted by atomic mass is 10.0. The van der Waals surface area contributed by atoms with E-state index in [0.29, 0.717) is 17.9 Å². The van der Waals surface area contributed by atoms with Gasteiger partial charge in [0.25, 0.3) is 5.91 Å². The number of nitrogens with one attached hydrogen (secondary N) is 1. The number of aryl methyl sites for hydroxylation is 3. The van der Waals surface area contributed by atoms with Crippen molar-refractivity contribution in [2.24, 2.45) is 0 Å². The highest BCUT2D eigenvalue weighted by atomic mass is 16.5. The van der Waals surface area contributed by atoms with Crippen LogP contribution in [0, 0.1) is 20.8 Å². The first kappa shape index (κ1) is 17.7. The smallest absolute Gasteiger partial charge is 0.255 e. The van der Waals surface area contributed by atoms with Crippen molar-refractivity contribution in [1.29, 1.82) is 0 Å². The van der Waals surface area contributed by atoms with Crippen LogP contribution in [0.2, 0.25) is 0 Å². The zero-order valence-electron chi connectivity index (χ0n) is 15.4. The maximum Gasteiger partial charge on any atom is 0.255 e. The van der Waals surface area contributed by atoms with Crippen LogP contribution >= 0.6 is 0 Å². The summed E-state index contributed by atoms with van der Waals surface area (Å²) >= 11 is 0. The van der Waals surface area contributed by atoms with E-state index in [1.807, 2.05) is 56.3 Å². The van der Waals surface area contributed by atoms with Gasteiger partial charge < -0.3 is 10.1 Å². The third-order valence-electron chi connectivity index (χ3n) is 4.26. The highest BCUT2D eigenvalue weighted by Gasteiger charge is 2.11. The Morgan fingerprint density at radius 3 is 2.27 bits per heavy atom. The molecular formula is C23H23NO2. The lowest BCUT2D eigenvalue weighted by Gasteiger charge is -2.13. The standard InChI is InChI=1S/C23H23NO2/c1-16-12-17(2)22(18(3)13-16)24-23(25)20-10-7-11-21(14-20)26-15-19-8-5-4-6-9-19/h4-14H,15H2,1-3H3,(H,24,25). The zero-order valence-corrected chi connectivity index (χ0v) is 15.4. The molecular weight excluding hydrogens is 322 g/mol. The highest BCUT2D eigenvalue weighted by molar-refractivity contribution is 6.05. The second kappa shape index (κ2) is 7.87. The molecule has 3 heteroatoms. The minimum Gasteiger partial charge on any atom is -0.489 e. The number of carbonyl (C=O) groups is 1. The SMILES string of the molecule is Cc1cc(C)c(NC(=O)c2cccc(OCc3ccccc3)c2)c(C)c1. The first-order chi connectivity index (χ1) is 12.5. The third kappa shape index (κ3) is 4.31. The Morgan fingerprint density at radius 2 is 1.58 bits per heavy atom. The number of hydrogen-bond acceptors (Lipinski definition) is 2. The molecule has 0 bridgehead atoms. The number of hydrogen-bond donors (Lipinski definition) is 1. The van der Waals surface area contributed by atoms with Gasteiger partial charge in [0.1, 0.15) is 12.4 Å². The number of benzene rings is 3. The maximum atomic E-state index is 12.7. The van der Waals surface area contributed by atoms with Crippen molar-refractivity contribution in [2.75, 3.05) is 5.32 Å². The molecule has 1 amide bonds. The first-order valence-electron chi connectivity index (χ1n) is 8.69. The Hall–Kier alpha value is -3.07. The fraction of sp³-hybridized carbons (Fsp3) is 0.174. The Labute approximate surface area is 154 Å². The molecule has 0 saturated carbocycles. The van der Waals surface area contributed by atoms with E-state index in [4.69, 9.17) is 4.74 Å². The summed E-state index contributed by atoms with van der Waals surface area (Å²) in [5, 5.41) is 3.03. The Balaban J connectivity index is 1.72. The number of anilines is 1. The number of rotatable bonds is 5. The van der Waals surface area contributed by atoms with E-state index in [2.05, 4.69) is 24.4 Å². The fourth-order valence-electron chi connectivity index (χ4n) is 3.03. The third-order valence-corrected chi connectivity index (χ3v) is 4.26.